The molecule has 1 heterocycles. The van der Waals surface area contributed by atoms with Crippen molar-refractivity contribution in [2.24, 2.45) is 5.92 Å². The zero-order chi connectivity index (χ0) is 14.9. The highest BCUT2D eigenvalue weighted by molar-refractivity contribution is 9.10. The Morgan fingerprint density at radius 2 is 2.35 bits per heavy atom. The fourth-order valence-corrected chi connectivity index (χ4v) is 2.37. The number of hydrogen-bond acceptors (Lipinski definition) is 5. The van der Waals surface area contributed by atoms with Crippen LogP contribution in [-0.4, -0.2) is 24.0 Å². The largest absolute Gasteiger partial charge is 0.419 e. The average molecular weight is 347 g/mol. The van der Waals surface area contributed by atoms with Gasteiger partial charge in [-0.25, -0.2) is 4.39 Å². The summed E-state index contributed by atoms with van der Waals surface area (Å²) in [6.07, 6.45) is 0.602. The summed E-state index contributed by atoms with van der Waals surface area (Å²) in [7, 11) is 0. The number of nitro groups is 1. The molecule has 0 bridgehead atoms. The number of carbonyl (C=O) groups excluding carboxylic acids is 1. The van der Waals surface area contributed by atoms with Crippen molar-refractivity contribution >= 4 is 27.6 Å². The van der Waals surface area contributed by atoms with Crippen LogP contribution in [0.4, 0.5) is 10.1 Å². The number of nitrogens with one attached hydrogen (secondary N) is 1. The van der Waals surface area contributed by atoms with Crippen molar-refractivity contribution < 1.29 is 18.8 Å². The van der Waals surface area contributed by atoms with Gasteiger partial charge in [-0.1, -0.05) is 0 Å². The van der Waals surface area contributed by atoms with Crippen LogP contribution < -0.4 is 10.1 Å². The molecule has 0 aromatic heterocycles. The predicted molar refractivity (Wildman–Crippen MR) is 72.1 cm³/mol. The van der Waals surface area contributed by atoms with E-state index in [2.05, 4.69) is 21.2 Å². The molecule has 0 saturated carbocycles. The lowest BCUT2D eigenvalue weighted by molar-refractivity contribution is -0.386. The molecule has 0 aliphatic carbocycles. The molecule has 1 unspecified atom stereocenters. The summed E-state index contributed by atoms with van der Waals surface area (Å²) in [5.74, 6) is -2.01. The Morgan fingerprint density at radius 3 is 2.90 bits per heavy atom. The van der Waals surface area contributed by atoms with E-state index in [4.69, 9.17) is 4.74 Å². The molecule has 1 fully saturated rings. The molecule has 2 rings (SSSR count). The number of hydrogen-bond donors (Lipinski definition) is 1. The zero-order valence-corrected chi connectivity index (χ0v) is 12.2. The highest BCUT2D eigenvalue weighted by Crippen LogP contribution is 2.37. The lowest BCUT2D eigenvalue weighted by Gasteiger charge is -2.11. The molecule has 20 heavy (non-hydrogen) atoms. The molecule has 1 aliphatic heterocycles. The van der Waals surface area contributed by atoms with Gasteiger partial charge in [0.25, 0.3) is 0 Å². The van der Waals surface area contributed by atoms with Crippen molar-refractivity contribution in [1.29, 1.82) is 0 Å². The smallest absolute Gasteiger partial charge is 0.315 e. The van der Waals surface area contributed by atoms with Crippen molar-refractivity contribution in [3.05, 3.63) is 32.0 Å². The van der Waals surface area contributed by atoms with Crippen LogP contribution in [-0.2, 0) is 4.79 Å². The molecule has 0 radical (unpaired) electrons. The van der Waals surface area contributed by atoms with Crippen LogP contribution in [0, 0.1) is 28.8 Å². The molecule has 0 spiro atoms. The van der Waals surface area contributed by atoms with E-state index in [1.54, 1.807) is 0 Å². The fourth-order valence-electron chi connectivity index (χ4n) is 2.07. The van der Waals surface area contributed by atoms with Crippen LogP contribution in [0.25, 0.3) is 0 Å². The van der Waals surface area contributed by atoms with Crippen molar-refractivity contribution in [2.45, 2.75) is 13.3 Å². The van der Waals surface area contributed by atoms with Crippen LogP contribution >= 0.6 is 15.9 Å². The second-order valence-corrected chi connectivity index (χ2v) is 5.31. The minimum atomic E-state index is -0.708. The fraction of sp³-hybridized carbons (Fsp3) is 0.417. The third-order valence-electron chi connectivity index (χ3n) is 3.17. The summed E-state index contributed by atoms with van der Waals surface area (Å²) in [5.41, 5.74) is -0.320. The quantitative estimate of drug-likeness (QED) is 0.393. The molecule has 8 heteroatoms. The SMILES string of the molecule is Cc1c(Br)c(F)cc(OC(=O)C2CCNC2)c1[N+](=O)[O-]. The van der Waals surface area contributed by atoms with E-state index in [0.29, 0.717) is 19.5 Å². The van der Waals surface area contributed by atoms with Crippen molar-refractivity contribution in [2.75, 3.05) is 13.1 Å². The summed E-state index contributed by atoms with van der Waals surface area (Å²) >= 11 is 2.93. The Labute approximate surface area is 122 Å². The van der Waals surface area contributed by atoms with Crippen molar-refractivity contribution in [1.82, 2.24) is 5.32 Å². The van der Waals surface area contributed by atoms with Gasteiger partial charge in [0.05, 0.1) is 15.3 Å². The lowest BCUT2D eigenvalue weighted by atomic mass is 10.1. The van der Waals surface area contributed by atoms with E-state index >= 15 is 0 Å². The van der Waals surface area contributed by atoms with Crippen LogP contribution in [0.5, 0.6) is 5.75 Å². The first-order valence-corrected chi connectivity index (χ1v) is 6.76. The number of benzene rings is 1. The van der Waals surface area contributed by atoms with Crippen LogP contribution in [0.2, 0.25) is 0 Å². The Bertz CT molecular complexity index is 573. The van der Waals surface area contributed by atoms with Crippen molar-refractivity contribution in [3.63, 3.8) is 0 Å². The second-order valence-electron chi connectivity index (χ2n) is 4.51. The lowest BCUT2D eigenvalue weighted by Crippen LogP contribution is -2.23. The van der Waals surface area contributed by atoms with Gasteiger partial charge in [-0.15, -0.1) is 0 Å². The number of nitro benzene ring substituents is 1. The Balaban J connectivity index is 2.35. The van der Waals surface area contributed by atoms with E-state index in [9.17, 15) is 19.3 Å². The third kappa shape index (κ3) is 2.80. The van der Waals surface area contributed by atoms with Crippen molar-refractivity contribution in [3.8, 4) is 5.75 Å². The molecule has 1 aliphatic rings. The van der Waals surface area contributed by atoms with Gasteiger partial charge >= 0.3 is 11.7 Å². The average Bonchev–Trinajstić information content (AvgIpc) is 2.89. The maximum absolute atomic E-state index is 13.6. The number of nitrogens with zero attached hydrogens (tertiary/aromatic N) is 1. The van der Waals surface area contributed by atoms with Gasteiger partial charge in [-0.2, -0.15) is 0 Å². The standard InChI is InChI=1S/C12H12BrFN2O4/c1-6-10(13)8(14)4-9(11(6)16(18)19)20-12(17)7-2-3-15-5-7/h4,7,15H,2-3,5H2,1H3. The normalized spacial score (nSPS) is 18.1. The monoisotopic (exact) mass is 346 g/mol. The number of esters is 1. The molecule has 1 saturated heterocycles. The second kappa shape index (κ2) is 5.84. The molecule has 1 N–H and O–H groups in total. The van der Waals surface area contributed by atoms with Gasteiger partial charge in [0.1, 0.15) is 5.82 Å². The van der Waals surface area contributed by atoms with E-state index < -0.39 is 22.4 Å². The first-order valence-electron chi connectivity index (χ1n) is 5.97. The molecular weight excluding hydrogens is 335 g/mol. The van der Waals surface area contributed by atoms with Gasteiger partial charge in [-0.3, -0.25) is 14.9 Å². The first-order chi connectivity index (χ1) is 9.41. The highest BCUT2D eigenvalue weighted by atomic mass is 79.9. The Kier molecular flexibility index (Phi) is 4.34. The highest BCUT2D eigenvalue weighted by Gasteiger charge is 2.29. The summed E-state index contributed by atoms with van der Waals surface area (Å²) in [5, 5.41) is 14.1. The minimum absolute atomic E-state index is 0.00784. The zero-order valence-electron chi connectivity index (χ0n) is 10.6. The number of halogens is 2. The van der Waals surface area contributed by atoms with Gasteiger partial charge in [0.2, 0.25) is 5.75 Å². The van der Waals surface area contributed by atoms with E-state index in [1.807, 2.05) is 0 Å². The molecule has 1 aromatic rings. The number of rotatable bonds is 3. The minimum Gasteiger partial charge on any atom is -0.419 e. The van der Waals surface area contributed by atoms with Crippen LogP contribution in [0.3, 0.4) is 0 Å². The summed E-state index contributed by atoms with van der Waals surface area (Å²) in [4.78, 5) is 22.3. The van der Waals surface area contributed by atoms with Crippen LogP contribution in [0.15, 0.2) is 10.5 Å². The number of ether oxygens (including phenoxy) is 1. The van der Waals surface area contributed by atoms with E-state index in [1.165, 1.54) is 6.92 Å². The molecule has 6 nitrogen and oxygen atoms in total. The van der Waals surface area contributed by atoms with Gasteiger partial charge in [-0.05, 0) is 35.8 Å². The first kappa shape index (κ1) is 14.9. The third-order valence-corrected chi connectivity index (χ3v) is 4.15. The maximum atomic E-state index is 13.6. The summed E-state index contributed by atoms with van der Waals surface area (Å²) in [6, 6.07) is 0.857. The van der Waals surface area contributed by atoms with Gasteiger partial charge < -0.3 is 10.1 Å². The Hall–Kier alpha value is -1.54. The topological polar surface area (TPSA) is 81.5 Å². The molecule has 108 valence electrons. The molecule has 1 aromatic carbocycles. The van der Waals surface area contributed by atoms with Gasteiger partial charge in [0.15, 0.2) is 0 Å². The molecule has 1 atom stereocenters. The summed E-state index contributed by atoms with van der Waals surface area (Å²) < 4.78 is 18.7. The van der Waals surface area contributed by atoms with E-state index in [-0.39, 0.29) is 21.7 Å². The molecular formula is C12H12BrFN2O4. The van der Waals surface area contributed by atoms with Gasteiger partial charge in [0, 0.05) is 18.2 Å². The summed E-state index contributed by atoms with van der Waals surface area (Å²) in [6.45, 7) is 2.54. The number of carbonyl (C=O) groups is 1. The predicted octanol–water partition coefficient (Wildman–Crippen LogP) is 2.32. The molecule has 0 amide bonds. The van der Waals surface area contributed by atoms with Crippen LogP contribution in [0.1, 0.15) is 12.0 Å². The maximum Gasteiger partial charge on any atom is 0.315 e. The van der Waals surface area contributed by atoms with E-state index in [0.717, 1.165) is 6.07 Å². The Morgan fingerprint density at radius 1 is 1.65 bits per heavy atom.